The van der Waals surface area contributed by atoms with E-state index in [1.165, 1.54) is 19.3 Å². The highest BCUT2D eigenvalue weighted by Gasteiger charge is 2.15. The highest BCUT2D eigenvalue weighted by Crippen LogP contribution is 2.27. The number of nitriles is 1. The van der Waals surface area contributed by atoms with Crippen LogP contribution in [0.1, 0.15) is 44.6 Å². The summed E-state index contributed by atoms with van der Waals surface area (Å²) in [5.74, 6) is 0.391. The number of methoxy groups -OCH3 is 1. The number of carbonyl (C=O) groups excluding carboxylic acids is 1. The van der Waals surface area contributed by atoms with Crippen molar-refractivity contribution in [1.29, 1.82) is 5.26 Å². The average Bonchev–Trinajstić information content (AvgIpc) is 3.34. The molecule has 0 aliphatic carbocycles. The summed E-state index contributed by atoms with van der Waals surface area (Å²) in [5, 5.41) is 17.2. The van der Waals surface area contributed by atoms with E-state index in [-0.39, 0.29) is 5.57 Å². The van der Waals surface area contributed by atoms with Crippen molar-refractivity contribution >= 4 is 12.0 Å². The Bertz CT molecular complexity index is 1160. The molecule has 3 aromatic rings. The lowest BCUT2D eigenvalue weighted by atomic mass is 10.1. The number of hydrogen-bond acceptors (Lipinski definition) is 5. The van der Waals surface area contributed by atoms with E-state index in [0.29, 0.717) is 37.4 Å². The van der Waals surface area contributed by atoms with Crippen LogP contribution in [0.2, 0.25) is 0 Å². The summed E-state index contributed by atoms with van der Waals surface area (Å²) < 4.78 is 12.6. The number of rotatable bonds is 14. The Morgan fingerprint density at radius 2 is 1.83 bits per heavy atom. The Morgan fingerprint density at radius 1 is 1.06 bits per heavy atom. The first kappa shape index (κ1) is 26.7. The number of nitrogens with zero attached hydrogens (tertiary/aromatic N) is 3. The van der Waals surface area contributed by atoms with Gasteiger partial charge in [0.25, 0.3) is 5.91 Å². The van der Waals surface area contributed by atoms with Gasteiger partial charge in [0, 0.05) is 37.6 Å². The van der Waals surface area contributed by atoms with Gasteiger partial charge >= 0.3 is 0 Å². The molecule has 188 valence electrons. The van der Waals surface area contributed by atoms with Gasteiger partial charge in [-0.1, -0.05) is 44.4 Å². The van der Waals surface area contributed by atoms with Crippen LogP contribution in [-0.4, -0.2) is 42.6 Å². The highest BCUT2D eigenvalue weighted by molar-refractivity contribution is 6.02. The highest BCUT2D eigenvalue weighted by atomic mass is 16.5. The van der Waals surface area contributed by atoms with Gasteiger partial charge in [-0.2, -0.15) is 10.4 Å². The molecular formula is C29H34N4O3. The first-order valence-corrected chi connectivity index (χ1v) is 12.4. The maximum Gasteiger partial charge on any atom is 0.261 e. The van der Waals surface area contributed by atoms with Crippen LogP contribution in [0.3, 0.4) is 0 Å². The van der Waals surface area contributed by atoms with Crippen molar-refractivity contribution in [2.24, 2.45) is 0 Å². The van der Waals surface area contributed by atoms with Crippen LogP contribution in [0.5, 0.6) is 5.75 Å². The minimum atomic E-state index is -0.418. The van der Waals surface area contributed by atoms with Crippen molar-refractivity contribution in [3.05, 3.63) is 71.9 Å². The molecule has 1 N–H and O–H groups in total. The van der Waals surface area contributed by atoms with Crippen molar-refractivity contribution in [1.82, 2.24) is 15.1 Å². The molecule has 3 rings (SSSR count). The Kier molecular flexibility index (Phi) is 10.8. The molecule has 0 atom stereocenters. The van der Waals surface area contributed by atoms with E-state index >= 15 is 0 Å². The quantitative estimate of drug-likeness (QED) is 0.183. The van der Waals surface area contributed by atoms with E-state index in [0.717, 1.165) is 23.4 Å². The molecule has 7 heteroatoms. The summed E-state index contributed by atoms with van der Waals surface area (Å²) >= 11 is 0. The predicted molar refractivity (Wildman–Crippen MR) is 142 cm³/mol. The van der Waals surface area contributed by atoms with Gasteiger partial charge in [0.05, 0.1) is 18.0 Å². The maximum atomic E-state index is 12.6. The fourth-order valence-corrected chi connectivity index (χ4v) is 3.68. The van der Waals surface area contributed by atoms with E-state index < -0.39 is 5.91 Å². The summed E-state index contributed by atoms with van der Waals surface area (Å²) in [6, 6.07) is 19.5. The zero-order valence-corrected chi connectivity index (χ0v) is 21.1. The van der Waals surface area contributed by atoms with E-state index in [4.69, 9.17) is 14.6 Å². The zero-order valence-electron chi connectivity index (χ0n) is 21.1. The average molecular weight is 487 g/mol. The van der Waals surface area contributed by atoms with E-state index in [2.05, 4.69) is 12.2 Å². The normalized spacial score (nSPS) is 11.2. The fraction of sp³-hybridized carbons (Fsp3) is 0.345. The number of nitrogens with one attached hydrogen (secondary N) is 1. The molecule has 0 bridgehead atoms. The number of benzene rings is 2. The van der Waals surface area contributed by atoms with Crippen LogP contribution < -0.4 is 10.1 Å². The molecular weight excluding hydrogens is 452 g/mol. The van der Waals surface area contributed by atoms with Gasteiger partial charge in [0.1, 0.15) is 17.4 Å². The lowest BCUT2D eigenvalue weighted by Crippen LogP contribution is -2.26. The van der Waals surface area contributed by atoms with Crippen LogP contribution >= 0.6 is 0 Å². The summed E-state index contributed by atoms with van der Waals surface area (Å²) in [7, 11) is 1.61. The molecule has 0 saturated carbocycles. The first-order valence-electron chi connectivity index (χ1n) is 12.4. The standard InChI is InChI=1S/C29H34N4O3/c1-3-4-5-9-19-36-27-15-13-23(14-16-27)28-25(22-33(32-28)26-11-7-6-8-12-26)20-24(21-30)29(34)31-17-10-18-35-2/h6-8,11-16,20,22H,3-5,9-10,17-19H2,1-2H3,(H,31,34)/b24-20+. The molecule has 0 radical (unpaired) electrons. The van der Waals surface area contributed by atoms with Gasteiger partial charge in [0.2, 0.25) is 0 Å². The van der Waals surface area contributed by atoms with Gasteiger partial charge in [0.15, 0.2) is 0 Å². The minimum absolute atomic E-state index is 0.0216. The number of amides is 1. The Hall–Kier alpha value is -3.89. The second-order valence-electron chi connectivity index (χ2n) is 8.42. The second kappa shape index (κ2) is 14.5. The van der Waals surface area contributed by atoms with Crippen molar-refractivity contribution < 1.29 is 14.3 Å². The molecule has 0 spiro atoms. The molecule has 1 heterocycles. The summed E-state index contributed by atoms with van der Waals surface area (Å²) in [4.78, 5) is 12.6. The van der Waals surface area contributed by atoms with Crippen molar-refractivity contribution in [3.8, 4) is 28.8 Å². The van der Waals surface area contributed by atoms with E-state index in [1.807, 2.05) is 66.9 Å². The van der Waals surface area contributed by atoms with Gasteiger partial charge in [-0.3, -0.25) is 4.79 Å². The van der Waals surface area contributed by atoms with Crippen LogP contribution in [0.25, 0.3) is 23.0 Å². The molecule has 36 heavy (non-hydrogen) atoms. The lowest BCUT2D eigenvalue weighted by Gasteiger charge is -2.07. The summed E-state index contributed by atoms with van der Waals surface area (Å²) in [6.45, 7) is 3.86. The monoisotopic (exact) mass is 486 g/mol. The topological polar surface area (TPSA) is 89.2 Å². The summed E-state index contributed by atoms with van der Waals surface area (Å²) in [6.07, 6.45) is 8.72. The van der Waals surface area contributed by atoms with Gasteiger partial charge in [-0.15, -0.1) is 0 Å². The van der Waals surface area contributed by atoms with Crippen molar-refractivity contribution in [2.45, 2.75) is 39.0 Å². The molecule has 1 aromatic heterocycles. The number of ether oxygens (including phenoxy) is 2. The van der Waals surface area contributed by atoms with Crippen LogP contribution in [0, 0.1) is 11.3 Å². The molecule has 0 aliphatic rings. The number of unbranched alkanes of at least 4 members (excludes halogenated alkanes) is 3. The summed E-state index contributed by atoms with van der Waals surface area (Å²) in [5.41, 5.74) is 3.12. The molecule has 7 nitrogen and oxygen atoms in total. The van der Waals surface area contributed by atoms with Crippen LogP contribution in [0.4, 0.5) is 0 Å². The van der Waals surface area contributed by atoms with Gasteiger partial charge in [-0.05, 0) is 55.3 Å². The fourth-order valence-electron chi connectivity index (χ4n) is 3.68. The van der Waals surface area contributed by atoms with Crippen molar-refractivity contribution in [3.63, 3.8) is 0 Å². The smallest absolute Gasteiger partial charge is 0.261 e. The minimum Gasteiger partial charge on any atom is -0.494 e. The maximum absolute atomic E-state index is 12.6. The number of aromatic nitrogens is 2. The predicted octanol–water partition coefficient (Wildman–Crippen LogP) is 5.56. The van der Waals surface area contributed by atoms with Crippen LogP contribution in [-0.2, 0) is 9.53 Å². The molecule has 0 unspecified atom stereocenters. The SMILES string of the molecule is CCCCCCOc1ccc(-c2nn(-c3ccccc3)cc2/C=C(\C#N)C(=O)NCCCOC)cc1. The Labute approximate surface area is 213 Å². The van der Waals surface area contributed by atoms with Gasteiger partial charge in [-0.25, -0.2) is 4.68 Å². The largest absolute Gasteiger partial charge is 0.494 e. The molecule has 1 amide bonds. The number of para-hydroxylation sites is 1. The zero-order chi connectivity index (χ0) is 25.6. The molecule has 2 aromatic carbocycles. The van der Waals surface area contributed by atoms with Gasteiger partial charge < -0.3 is 14.8 Å². The first-order chi connectivity index (χ1) is 17.7. The Morgan fingerprint density at radius 3 is 2.53 bits per heavy atom. The Balaban J connectivity index is 1.85. The molecule has 0 aliphatic heterocycles. The molecule has 0 fully saturated rings. The van der Waals surface area contributed by atoms with Crippen molar-refractivity contribution in [2.75, 3.05) is 26.9 Å². The third-order valence-corrected chi connectivity index (χ3v) is 5.63. The van der Waals surface area contributed by atoms with E-state index in [1.54, 1.807) is 17.9 Å². The number of hydrogen-bond donors (Lipinski definition) is 1. The van der Waals surface area contributed by atoms with Crippen LogP contribution in [0.15, 0.2) is 66.4 Å². The van der Waals surface area contributed by atoms with E-state index in [9.17, 15) is 10.1 Å². The lowest BCUT2D eigenvalue weighted by molar-refractivity contribution is -0.117. The molecule has 0 saturated heterocycles. The third-order valence-electron chi connectivity index (χ3n) is 5.63. The third kappa shape index (κ3) is 7.82. The number of carbonyl (C=O) groups is 1. The second-order valence-corrected chi connectivity index (χ2v) is 8.42.